The van der Waals surface area contributed by atoms with Crippen molar-refractivity contribution >= 4 is 41.5 Å². The Morgan fingerprint density at radius 3 is 2.74 bits per heavy atom. The lowest BCUT2D eigenvalue weighted by atomic mass is 9.67. The van der Waals surface area contributed by atoms with E-state index in [-0.39, 0.29) is 36.4 Å². The summed E-state index contributed by atoms with van der Waals surface area (Å²) < 4.78 is 5.25. The SMILES string of the molecule is CN=C(NCC(=O)N1CCc2ccccc21)NCC1(CCOC)CCC1.I. The Bertz CT molecular complexity index is 661. The van der Waals surface area contributed by atoms with Crippen LogP contribution in [0.3, 0.4) is 0 Å². The van der Waals surface area contributed by atoms with Crippen LogP contribution < -0.4 is 15.5 Å². The molecule has 0 atom stereocenters. The molecule has 0 radical (unpaired) electrons. The van der Waals surface area contributed by atoms with Gasteiger partial charge in [-0.2, -0.15) is 0 Å². The summed E-state index contributed by atoms with van der Waals surface area (Å²) in [5.41, 5.74) is 2.59. The number of aliphatic imine (C=N–C) groups is 1. The predicted octanol–water partition coefficient (Wildman–Crippen LogP) is 2.57. The molecule has 150 valence electrons. The minimum atomic E-state index is 0. The molecule has 27 heavy (non-hydrogen) atoms. The number of rotatable bonds is 7. The van der Waals surface area contributed by atoms with E-state index in [9.17, 15) is 4.79 Å². The van der Waals surface area contributed by atoms with E-state index in [1.54, 1.807) is 14.2 Å². The fourth-order valence-corrected chi connectivity index (χ4v) is 3.85. The van der Waals surface area contributed by atoms with Gasteiger partial charge in [0.1, 0.15) is 0 Å². The second-order valence-corrected chi connectivity index (χ2v) is 7.30. The van der Waals surface area contributed by atoms with Gasteiger partial charge >= 0.3 is 0 Å². The van der Waals surface area contributed by atoms with Gasteiger partial charge in [0.05, 0.1) is 6.54 Å². The van der Waals surface area contributed by atoms with Crippen LogP contribution in [0.5, 0.6) is 0 Å². The number of nitrogens with one attached hydrogen (secondary N) is 2. The predicted molar refractivity (Wildman–Crippen MR) is 120 cm³/mol. The van der Waals surface area contributed by atoms with Crippen molar-refractivity contribution in [2.45, 2.75) is 32.1 Å². The van der Waals surface area contributed by atoms with E-state index >= 15 is 0 Å². The van der Waals surface area contributed by atoms with Gasteiger partial charge in [0.2, 0.25) is 5.91 Å². The summed E-state index contributed by atoms with van der Waals surface area (Å²) in [6.07, 6.45) is 5.73. The first kappa shape index (κ1) is 21.9. The molecule has 1 fully saturated rings. The number of amides is 1. The third-order valence-corrected chi connectivity index (χ3v) is 5.70. The number of methoxy groups -OCH3 is 1. The summed E-state index contributed by atoms with van der Waals surface area (Å²) in [7, 11) is 3.50. The highest BCUT2D eigenvalue weighted by Crippen LogP contribution is 2.43. The first-order valence-electron chi connectivity index (χ1n) is 9.49. The van der Waals surface area contributed by atoms with Crippen molar-refractivity contribution in [1.82, 2.24) is 10.6 Å². The Morgan fingerprint density at radius 1 is 1.30 bits per heavy atom. The monoisotopic (exact) mass is 486 g/mol. The van der Waals surface area contributed by atoms with E-state index in [2.05, 4.69) is 21.7 Å². The maximum atomic E-state index is 12.6. The molecule has 2 aliphatic rings. The number of hydrogen-bond acceptors (Lipinski definition) is 3. The molecule has 0 saturated heterocycles. The van der Waals surface area contributed by atoms with Crippen molar-refractivity contribution in [3.05, 3.63) is 29.8 Å². The highest BCUT2D eigenvalue weighted by molar-refractivity contribution is 14.0. The van der Waals surface area contributed by atoms with Crippen molar-refractivity contribution in [2.24, 2.45) is 10.4 Å². The zero-order valence-electron chi connectivity index (χ0n) is 16.3. The van der Waals surface area contributed by atoms with Crippen LogP contribution in [-0.4, -0.2) is 52.3 Å². The first-order valence-corrected chi connectivity index (χ1v) is 9.49. The summed E-state index contributed by atoms with van der Waals surface area (Å²) in [5, 5.41) is 6.57. The van der Waals surface area contributed by atoms with E-state index in [0.717, 1.165) is 38.2 Å². The molecule has 2 N–H and O–H groups in total. The lowest BCUT2D eigenvalue weighted by Gasteiger charge is -2.42. The second kappa shape index (κ2) is 10.3. The van der Waals surface area contributed by atoms with Crippen LogP contribution in [-0.2, 0) is 16.0 Å². The fourth-order valence-electron chi connectivity index (χ4n) is 3.85. The smallest absolute Gasteiger partial charge is 0.246 e. The molecule has 1 aliphatic carbocycles. The Morgan fingerprint density at radius 2 is 2.07 bits per heavy atom. The molecule has 0 spiro atoms. The van der Waals surface area contributed by atoms with Crippen LogP contribution in [0.1, 0.15) is 31.2 Å². The molecule has 0 bridgehead atoms. The Balaban J connectivity index is 0.00000261. The van der Waals surface area contributed by atoms with E-state index < -0.39 is 0 Å². The standard InChI is InChI=1S/C20H30N4O2.HI/c1-21-19(23-15-20(9-5-10-20)11-13-26-2)22-14-18(25)24-12-8-16-6-3-4-7-17(16)24;/h3-4,6-7H,5,8-15H2,1-2H3,(H2,21,22,23);1H. The van der Waals surface area contributed by atoms with Crippen LogP contribution >= 0.6 is 24.0 Å². The Hall–Kier alpha value is -1.35. The third kappa shape index (κ3) is 5.34. The van der Waals surface area contributed by atoms with E-state index in [0.29, 0.717) is 11.4 Å². The summed E-state index contributed by atoms with van der Waals surface area (Å²) in [6.45, 7) is 2.67. The van der Waals surface area contributed by atoms with Gasteiger partial charge in [-0.3, -0.25) is 9.79 Å². The van der Waals surface area contributed by atoms with Gasteiger partial charge in [-0.1, -0.05) is 24.6 Å². The quantitative estimate of drug-likeness (QED) is 0.353. The highest BCUT2D eigenvalue weighted by atomic mass is 127. The van der Waals surface area contributed by atoms with Crippen molar-refractivity contribution in [1.29, 1.82) is 0 Å². The summed E-state index contributed by atoms with van der Waals surface area (Å²) in [5.74, 6) is 0.769. The van der Waals surface area contributed by atoms with Gasteiger partial charge < -0.3 is 20.3 Å². The fraction of sp³-hybridized carbons (Fsp3) is 0.600. The topological polar surface area (TPSA) is 66.0 Å². The molecule has 1 aliphatic heterocycles. The summed E-state index contributed by atoms with van der Waals surface area (Å²) >= 11 is 0. The molecule has 1 heterocycles. The number of carbonyl (C=O) groups is 1. The second-order valence-electron chi connectivity index (χ2n) is 7.30. The number of guanidine groups is 1. The van der Waals surface area contributed by atoms with Gasteiger partial charge in [0, 0.05) is 39.5 Å². The number of para-hydroxylation sites is 1. The number of fused-ring (bicyclic) bond motifs is 1. The molecule has 1 aromatic rings. The van der Waals surface area contributed by atoms with E-state index in [1.165, 1.54) is 24.8 Å². The molecule has 7 heteroatoms. The average molecular weight is 486 g/mol. The Labute approximate surface area is 179 Å². The van der Waals surface area contributed by atoms with E-state index in [4.69, 9.17) is 4.74 Å². The zero-order valence-corrected chi connectivity index (χ0v) is 18.6. The molecule has 1 saturated carbocycles. The van der Waals surface area contributed by atoms with Gasteiger partial charge in [0.15, 0.2) is 5.96 Å². The number of nitrogens with zero attached hydrogens (tertiary/aromatic N) is 2. The summed E-state index contributed by atoms with van der Waals surface area (Å²) in [6, 6.07) is 8.12. The van der Waals surface area contributed by atoms with Crippen molar-refractivity contribution in [3.8, 4) is 0 Å². The van der Waals surface area contributed by atoms with Gasteiger partial charge in [-0.25, -0.2) is 0 Å². The normalized spacial score (nSPS) is 17.6. The maximum absolute atomic E-state index is 12.6. The molecule has 3 rings (SSSR count). The number of benzene rings is 1. The van der Waals surface area contributed by atoms with Crippen LogP contribution in [0.4, 0.5) is 5.69 Å². The van der Waals surface area contributed by atoms with Gasteiger partial charge in [-0.05, 0) is 42.7 Å². The molecule has 0 aromatic heterocycles. The molecular weight excluding hydrogens is 455 g/mol. The molecule has 0 unspecified atom stereocenters. The number of ether oxygens (including phenoxy) is 1. The minimum absolute atomic E-state index is 0. The van der Waals surface area contributed by atoms with Crippen LogP contribution in [0.25, 0.3) is 0 Å². The number of anilines is 1. The molecule has 6 nitrogen and oxygen atoms in total. The molecule has 1 amide bonds. The van der Waals surface area contributed by atoms with Crippen molar-refractivity contribution < 1.29 is 9.53 Å². The minimum Gasteiger partial charge on any atom is -0.385 e. The number of hydrogen-bond donors (Lipinski definition) is 2. The maximum Gasteiger partial charge on any atom is 0.246 e. The van der Waals surface area contributed by atoms with Crippen LogP contribution in [0.15, 0.2) is 29.3 Å². The lowest BCUT2D eigenvalue weighted by Crippen LogP contribution is -2.49. The largest absolute Gasteiger partial charge is 0.385 e. The molecule has 1 aromatic carbocycles. The average Bonchev–Trinajstić information content (AvgIpc) is 3.07. The third-order valence-electron chi connectivity index (χ3n) is 5.70. The van der Waals surface area contributed by atoms with Crippen LogP contribution in [0, 0.1) is 5.41 Å². The summed E-state index contributed by atoms with van der Waals surface area (Å²) in [4.78, 5) is 18.7. The van der Waals surface area contributed by atoms with Crippen molar-refractivity contribution in [3.63, 3.8) is 0 Å². The number of carbonyl (C=O) groups excluding carboxylic acids is 1. The number of halogens is 1. The van der Waals surface area contributed by atoms with E-state index in [1.807, 2.05) is 23.1 Å². The van der Waals surface area contributed by atoms with Crippen molar-refractivity contribution in [2.75, 3.05) is 45.3 Å². The van der Waals surface area contributed by atoms with Gasteiger partial charge in [-0.15, -0.1) is 24.0 Å². The highest BCUT2D eigenvalue weighted by Gasteiger charge is 2.36. The lowest BCUT2D eigenvalue weighted by molar-refractivity contribution is -0.117. The molecular formula is C20H31IN4O2. The van der Waals surface area contributed by atoms with Gasteiger partial charge in [0.25, 0.3) is 0 Å². The Kier molecular flexibility index (Phi) is 8.34. The van der Waals surface area contributed by atoms with Crippen LogP contribution in [0.2, 0.25) is 0 Å². The zero-order chi connectivity index (χ0) is 18.4. The first-order chi connectivity index (χ1) is 12.7.